The summed E-state index contributed by atoms with van der Waals surface area (Å²) in [6.45, 7) is 2.47. The molecule has 1 fully saturated rings. The fraction of sp³-hybridized carbons (Fsp3) is 0.412. The highest BCUT2D eigenvalue weighted by molar-refractivity contribution is 5.92. The van der Waals surface area contributed by atoms with Crippen molar-refractivity contribution in [1.29, 1.82) is 0 Å². The summed E-state index contributed by atoms with van der Waals surface area (Å²) in [6, 6.07) is 11.9. The highest BCUT2D eigenvalue weighted by atomic mass is 16.5. The maximum atomic E-state index is 12.7. The van der Waals surface area contributed by atoms with Crippen molar-refractivity contribution in [1.82, 2.24) is 10.1 Å². The van der Waals surface area contributed by atoms with Crippen molar-refractivity contribution in [3.05, 3.63) is 53.4 Å². The fourth-order valence-electron chi connectivity index (χ4n) is 3.06. The quantitative estimate of drug-likeness (QED) is 0.870. The molecule has 1 aliphatic rings. The summed E-state index contributed by atoms with van der Waals surface area (Å²) in [5, 5.41) is 3.85. The predicted octanol–water partition coefficient (Wildman–Crippen LogP) is 2.46. The number of likely N-dealkylation sites (tertiary alicyclic amines) is 1. The van der Waals surface area contributed by atoms with Crippen LogP contribution in [0.15, 0.2) is 40.9 Å². The van der Waals surface area contributed by atoms with Crippen molar-refractivity contribution >= 4 is 5.91 Å². The average Bonchev–Trinajstić information content (AvgIpc) is 3.14. The summed E-state index contributed by atoms with van der Waals surface area (Å²) in [4.78, 5) is 14.5. The average molecular weight is 300 g/mol. The molecule has 0 radical (unpaired) electrons. The van der Waals surface area contributed by atoms with Gasteiger partial charge in [0.25, 0.3) is 5.91 Å². The Kier molecular flexibility index (Phi) is 4.24. The minimum absolute atomic E-state index is 0.0249. The Labute approximate surface area is 129 Å². The standard InChI is InChI=1S/C17H20N2O3/c1-12-10-14(18-22-12)17(20)19-9-8-16(21-2)15(19)11-13-6-4-3-5-7-13/h3-7,10,15-16H,8-9,11H2,1-2H3/t15-,16+/m0/s1. The van der Waals surface area contributed by atoms with Gasteiger partial charge in [0.05, 0.1) is 12.1 Å². The molecule has 1 aromatic heterocycles. The van der Waals surface area contributed by atoms with E-state index in [0.717, 1.165) is 12.8 Å². The van der Waals surface area contributed by atoms with Crippen molar-refractivity contribution in [3.8, 4) is 0 Å². The molecule has 0 aliphatic carbocycles. The van der Waals surface area contributed by atoms with E-state index in [1.165, 1.54) is 5.56 Å². The molecule has 1 amide bonds. The summed E-state index contributed by atoms with van der Waals surface area (Å²) in [7, 11) is 1.71. The number of hydrogen-bond donors (Lipinski definition) is 0. The molecule has 2 atom stereocenters. The number of aryl methyl sites for hydroxylation is 1. The van der Waals surface area contributed by atoms with Crippen molar-refractivity contribution in [2.75, 3.05) is 13.7 Å². The van der Waals surface area contributed by atoms with Gasteiger partial charge in [0.2, 0.25) is 0 Å². The van der Waals surface area contributed by atoms with Gasteiger partial charge < -0.3 is 14.2 Å². The third-order valence-electron chi connectivity index (χ3n) is 4.18. The first kappa shape index (κ1) is 14.8. The van der Waals surface area contributed by atoms with Crippen LogP contribution in [-0.4, -0.2) is 41.8 Å². The molecular formula is C17H20N2O3. The van der Waals surface area contributed by atoms with Gasteiger partial charge in [0.1, 0.15) is 5.76 Å². The Morgan fingerprint density at radius 1 is 1.41 bits per heavy atom. The van der Waals surface area contributed by atoms with Crippen molar-refractivity contribution < 1.29 is 14.1 Å². The van der Waals surface area contributed by atoms with Crippen LogP contribution >= 0.6 is 0 Å². The number of benzene rings is 1. The largest absolute Gasteiger partial charge is 0.379 e. The van der Waals surface area contributed by atoms with Crippen LogP contribution in [0.4, 0.5) is 0 Å². The maximum Gasteiger partial charge on any atom is 0.276 e. The zero-order chi connectivity index (χ0) is 15.5. The SMILES string of the molecule is CO[C@@H]1CCN(C(=O)c2cc(C)on2)[C@H]1Cc1ccccc1. The molecule has 1 aliphatic heterocycles. The fourth-order valence-corrected chi connectivity index (χ4v) is 3.06. The summed E-state index contributed by atoms with van der Waals surface area (Å²) in [6.07, 6.45) is 1.68. The van der Waals surface area contributed by atoms with Gasteiger partial charge in [-0.05, 0) is 25.3 Å². The van der Waals surface area contributed by atoms with E-state index in [-0.39, 0.29) is 18.1 Å². The Morgan fingerprint density at radius 3 is 2.82 bits per heavy atom. The second-order valence-corrected chi connectivity index (χ2v) is 5.64. The Bertz CT molecular complexity index is 638. The number of ether oxygens (including phenoxy) is 1. The molecule has 0 bridgehead atoms. The lowest BCUT2D eigenvalue weighted by molar-refractivity contribution is 0.0502. The number of aromatic nitrogens is 1. The lowest BCUT2D eigenvalue weighted by Crippen LogP contribution is -2.41. The van der Waals surface area contributed by atoms with Gasteiger partial charge in [-0.25, -0.2) is 0 Å². The molecule has 2 heterocycles. The molecule has 5 nitrogen and oxygen atoms in total. The summed E-state index contributed by atoms with van der Waals surface area (Å²) in [5.74, 6) is 0.558. The van der Waals surface area contributed by atoms with Gasteiger partial charge in [-0.1, -0.05) is 35.5 Å². The van der Waals surface area contributed by atoms with Crippen LogP contribution in [0.2, 0.25) is 0 Å². The molecule has 0 unspecified atom stereocenters. The van der Waals surface area contributed by atoms with Crippen LogP contribution in [0.1, 0.15) is 28.2 Å². The maximum absolute atomic E-state index is 12.7. The van der Waals surface area contributed by atoms with E-state index >= 15 is 0 Å². The van der Waals surface area contributed by atoms with Crippen LogP contribution in [0.5, 0.6) is 0 Å². The summed E-state index contributed by atoms with van der Waals surface area (Å²) in [5.41, 5.74) is 1.57. The smallest absolute Gasteiger partial charge is 0.276 e. The third kappa shape index (κ3) is 2.90. The van der Waals surface area contributed by atoms with Crippen LogP contribution in [-0.2, 0) is 11.2 Å². The predicted molar refractivity (Wildman–Crippen MR) is 81.6 cm³/mol. The molecular weight excluding hydrogens is 280 g/mol. The van der Waals surface area contributed by atoms with Crippen LogP contribution in [0, 0.1) is 6.92 Å². The minimum atomic E-state index is -0.0858. The van der Waals surface area contributed by atoms with Crippen LogP contribution in [0.3, 0.4) is 0 Å². The molecule has 0 saturated carbocycles. The second kappa shape index (κ2) is 6.32. The zero-order valence-corrected chi connectivity index (χ0v) is 12.9. The first-order valence-corrected chi connectivity index (χ1v) is 7.50. The van der Waals surface area contributed by atoms with Gasteiger partial charge >= 0.3 is 0 Å². The Hall–Kier alpha value is -2.14. The van der Waals surface area contributed by atoms with E-state index in [2.05, 4.69) is 17.3 Å². The van der Waals surface area contributed by atoms with E-state index in [0.29, 0.717) is 18.0 Å². The molecule has 0 spiro atoms. The van der Waals surface area contributed by atoms with Gasteiger partial charge in [0, 0.05) is 19.7 Å². The van der Waals surface area contributed by atoms with Crippen molar-refractivity contribution in [2.24, 2.45) is 0 Å². The lowest BCUT2D eigenvalue weighted by Gasteiger charge is -2.27. The van der Waals surface area contributed by atoms with Gasteiger partial charge in [0.15, 0.2) is 5.69 Å². The number of amides is 1. The van der Waals surface area contributed by atoms with Gasteiger partial charge in [-0.15, -0.1) is 0 Å². The van der Waals surface area contributed by atoms with Crippen molar-refractivity contribution in [3.63, 3.8) is 0 Å². The molecule has 5 heteroatoms. The van der Waals surface area contributed by atoms with Crippen LogP contribution in [0.25, 0.3) is 0 Å². The van der Waals surface area contributed by atoms with E-state index in [1.54, 1.807) is 20.1 Å². The number of hydrogen-bond acceptors (Lipinski definition) is 4. The van der Waals surface area contributed by atoms with Gasteiger partial charge in [-0.2, -0.15) is 0 Å². The first-order chi connectivity index (χ1) is 10.7. The minimum Gasteiger partial charge on any atom is -0.379 e. The molecule has 1 aromatic carbocycles. The highest BCUT2D eigenvalue weighted by Crippen LogP contribution is 2.25. The van der Waals surface area contributed by atoms with E-state index in [1.807, 2.05) is 23.1 Å². The highest BCUT2D eigenvalue weighted by Gasteiger charge is 2.38. The number of methoxy groups -OCH3 is 1. The Morgan fingerprint density at radius 2 is 2.18 bits per heavy atom. The van der Waals surface area contributed by atoms with Gasteiger partial charge in [-0.3, -0.25) is 4.79 Å². The molecule has 116 valence electrons. The van der Waals surface area contributed by atoms with E-state index in [4.69, 9.17) is 9.26 Å². The third-order valence-corrected chi connectivity index (χ3v) is 4.18. The molecule has 2 aromatic rings. The Balaban J connectivity index is 1.81. The summed E-state index contributed by atoms with van der Waals surface area (Å²) >= 11 is 0. The molecule has 3 rings (SSSR count). The van der Waals surface area contributed by atoms with Crippen molar-refractivity contribution in [2.45, 2.75) is 31.9 Å². The van der Waals surface area contributed by atoms with E-state index in [9.17, 15) is 4.79 Å². The number of rotatable bonds is 4. The van der Waals surface area contributed by atoms with Crippen LogP contribution < -0.4 is 0 Å². The second-order valence-electron chi connectivity index (χ2n) is 5.64. The molecule has 1 saturated heterocycles. The number of carbonyl (C=O) groups excluding carboxylic acids is 1. The molecule has 22 heavy (non-hydrogen) atoms. The monoisotopic (exact) mass is 300 g/mol. The first-order valence-electron chi connectivity index (χ1n) is 7.50. The molecule has 0 N–H and O–H groups in total. The normalized spacial score (nSPS) is 21.3. The number of nitrogens with zero attached hydrogens (tertiary/aromatic N) is 2. The van der Waals surface area contributed by atoms with E-state index < -0.39 is 0 Å². The lowest BCUT2D eigenvalue weighted by atomic mass is 10.0. The summed E-state index contributed by atoms with van der Waals surface area (Å²) < 4.78 is 10.6. The zero-order valence-electron chi connectivity index (χ0n) is 12.9. The topological polar surface area (TPSA) is 55.6 Å². The number of carbonyl (C=O) groups is 1.